The molecule has 0 spiro atoms. The lowest BCUT2D eigenvalue weighted by atomic mass is 10.2. The van der Waals surface area contributed by atoms with E-state index in [9.17, 15) is 4.79 Å². The maximum absolute atomic E-state index is 11.8. The van der Waals surface area contributed by atoms with Gasteiger partial charge in [0.25, 0.3) is 0 Å². The number of carbonyl (C=O) groups is 1. The standard InChI is InChI=1S/C12H23N3O/c1-3-11-13-8-12(16)15(11)9-10-6-5-7-14(10)4-2/h10-11,13H,3-9H2,1-2H3. The number of likely N-dealkylation sites (tertiary alicyclic amines) is 1. The van der Waals surface area contributed by atoms with Gasteiger partial charge in [0.15, 0.2) is 0 Å². The van der Waals surface area contributed by atoms with E-state index >= 15 is 0 Å². The molecule has 0 radical (unpaired) electrons. The van der Waals surface area contributed by atoms with Crippen LogP contribution < -0.4 is 5.32 Å². The lowest BCUT2D eigenvalue weighted by molar-refractivity contribution is -0.128. The zero-order chi connectivity index (χ0) is 11.5. The first kappa shape index (κ1) is 11.9. The molecule has 0 aromatic heterocycles. The van der Waals surface area contributed by atoms with E-state index in [1.807, 2.05) is 4.90 Å². The van der Waals surface area contributed by atoms with Crippen molar-refractivity contribution >= 4 is 5.91 Å². The predicted molar refractivity (Wildman–Crippen MR) is 64.1 cm³/mol. The van der Waals surface area contributed by atoms with Crippen LogP contribution in [0.4, 0.5) is 0 Å². The van der Waals surface area contributed by atoms with Gasteiger partial charge in [-0.15, -0.1) is 0 Å². The van der Waals surface area contributed by atoms with E-state index in [1.54, 1.807) is 0 Å². The van der Waals surface area contributed by atoms with Gasteiger partial charge in [0, 0.05) is 12.6 Å². The minimum absolute atomic E-state index is 0.270. The first-order valence-corrected chi connectivity index (χ1v) is 6.53. The molecule has 2 aliphatic rings. The largest absolute Gasteiger partial charge is 0.324 e. The molecule has 16 heavy (non-hydrogen) atoms. The number of nitrogens with one attached hydrogen (secondary N) is 1. The van der Waals surface area contributed by atoms with Crippen molar-refractivity contribution in [2.75, 3.05) is 26.2 Å². The van der Waals surface area contributed by atoms with Gasteiger partial charge in [-0.3, -0.25) is 15.0 Å². The number of carbonyl (C=O) groups excluding carboxylic acids is 1. The Balaban J connectivity index is 1.94. The smallest absolute Gasteiger partial charge is 0.237 e. The zero-order valence-corrected chi connectivity index (χ0v) is 10.4. The van der Waals surface area contributed by atoms with Crippen LogP contribution in [-0.2, 0) is 4.79 Å². The minimum atomic E-state index is 0.270. The summed E-state index contributed by atoms with van der Waals surface area (Å²) in [7, 11) is 0. The van der Waals surface area contributed by atoms with E-state index in [1.165, 1.54) is 19.4 Å². The third-order valence-corrected chi connectivity index (χ3v) is 3.88. The summed E-state index contributed by atoms with van der Waals surface area (Å²) in [5.74, 6) is 0.273. The first-order chi connectivity index (χ1) is 7.76. The van der Waals surface area contributed by atoms with Crippen molar-refractivity contribution in [2.45, 2.75) is 45.3 Å². The van der Waals surface area contributed by atoms with Gasteiger partial charge in [-0.1, -0.05) is 13.8 Å². The van der Waals surface area contributed by atoms with Crippen LogP contribution in [0.25, 0.3) is 0 Å². The molecule has 92 valence electrons. The lowest BCUT2D eigenvalue weighted by Gasteiger charge is -2.30. The van der Waals surface area contributed by atoms with Crippen molar-refractivity contribution in [2.24, 2.45) is 0 Å². The van der Waals surface area contributed by atoms with Crippen LogP contribution >= 0.6 is 0 Å². The molecule has 4 heteroatoms. The second-order valence-corrected chi connectivity index (χ2v) is 4.78. The van der Waals surface area contributed by atoms with Crippen molar-refractivity contribution in [1.82, 2.24) is 15.1 Å². The molecule has 2 heterocycles. The number of rotatable bonds is 4. The highest BCUT2D eigenvalue weighted by atomic mass is 16.2. The van der Waals surface area contributed by atoms with E-state index in [0.717, 1.165) is 19.5 Å². The van der Waals surface area contributed by atoms with Crippen molar-refractivity contribution in [3.05, 3.63) is 0 Å². The molecular formula is C12H23N3O. The van der Waals surface area contributed by atoms with Crippen molar-refractivity contribution in [3.8, 4) is 0 Å². The molecule has 2 fully saturated rings. The molecule has 1 amide bonds. The molecule has 0 bridgehead atoms. The second-order valence-electron chi connectivity index (χ2n) is 4.78. The maximum atomic E-state index is 11.8. The zero-order valence-electron chi connectivity index (χ0n) is 10.4. The average molecular weight is 225 g/mol. The third-order valence-electron chi connectivity index (χ3n) is 3.88. The van der Waals surface area contributed by atoms with E-state index in [-0.39, 0.29) is 12.1 Å². The SMILES string of the molecule is CCC1NCC(=O)N1CC1CCCN1CC. The Morgan fingerprint density at radius 1 is 1.44 bits per heavy atom. The number of amides is 1. The number of likely N-dealkylation sites (N-methyl/N-ethyl adjacent to an activating group) is 1. The quantitative estimate of drug-likeness (QED) is 0.762. The van der Waals surface area contributed by atoms with Gasteiger partial charge in [0.05, 0.1) is 12.7 Å². The van der Waals surface area contributed by atoms with Crippen LogP contribution in [-0.4, -0.2) is 54.1 Å². The minimum Gasteiger partial charge on any atom is -0.324 e. The Bertz CT molecular complexity index is 257. The topological polar surface area (TPSA) is 35.6 Å². The summed E-state index contributed by atoms with van der Waals surface area (Å²) in [6.45, 7) is 8.09. The van der Waals surface area contributed by atoms with Crippen LogP contribution in [0, 0.1) is 0 Å². The monoisotopic (exact) mass is 225 g/mol. The molecule has 2 saturated heterocycles. The third kappa shape index (κ3) is 2.23. The van der Waals surface area contributed by atoms with Gasteiger partial charge < -0.3 is 4.90 Å². The van der Waals surface area contributed by atoms with Crippen LogP contribution in [0.5, 0.6) is 0 Å². The molecule has 0 aromatic carbocycles. The van der Waals surface area contributed by atoms with Crippen LogP contribution in [0.1, 0.15) is 33.1 Å². The molecule has 1 N–H and O–H groups in total. The molecular weight excluding hydrogens is 202 g/mol. The summed E-state index contributed by atoms with van der Waals surface area (Å²) in [6, 6.07) is 0.586. The molecule has 2 atom stereocenters. The fourth-order valence-electron chi connectivity index (χ4n) is 2.93. The molecule has 2 rings (SSSR count). The number of hydrogen-bond acceptors (Lipinski definition) is 3. The summed E-state index contributed by atoms with van der Waals surface area (Å²) >= 11 is 0. The van der Waals surface area contributed by atoms with Crippen LogP contribution in [0.2, 0.25) is 0 Å². The number of nitrogens with zero attached hydrogens (tertiary/aromatic N) is 2. The average Bonchev–Trinajstić information content (AvgIpc) is 2.87. The highest BCUT2D eigenvalue weighted by molar-refractivity contribution is 5.80. The summed E-state index contributed by atoms with van der Waals surface area (Å²) in [4.78, 5) is 16.3. The summed E-state index contributed by atoms with van der Waals surface area (Å²) in [6.07, 6.45) is 3.80. The fraction of sp³-hybridized carbons (Fsp3) is 0.917. The van der Waals surface area contributed by atoms with Gasteiger partial charge >= 0.3 is 0 Å². The summed E-state index contributed by atoms with van der Waals surface area (Å²) < 4.78 is 0. The highest BCUT2D eigenvalue weighted by Crippen LogP contribution is 2.20. The molecule has 0 saturated carbocycles. The van der Waals surface area contributed by atoms with E-state index < -0.39 is 0 Å². The van der Waals surface area contributed by atoms with Crippen molar-refractivity contribution in [3.63, 3.8) is 0 Å². The predicted octanol–water partition coefficient (Wildman–Crippen LogP) is 0.639. The molecule has 0 aliphatic carbocycles. The highest BCUT2D eigenvalue weighted by Gasteiger charge is 2.33. The molecule has 4 nitrogen and oxygen atoms in total. The Morgan fingerprint density at radius 3 is 2.94 bits per heavy atom. The summed E-state index contributed by atoms with van der Waals surface area (Å²) in [5, 5.41) is 3.27. The lowest BCUT2D eigenvalue weighted by Crippen LogP contribution is -2.45. The molecule has 2 unspecified atom stereocenters. The first-order valence-electron chi connectivity index (χ1n) is 6.53. The van der Waals surface area contributed by atoms with E-state index in [4.69, 9.17) is 0 Å². The second kappa shape index (κ2) is 5.15. The fourth-order valence-corrected chi connectivity index (χ4v) is 2.93. The van der Waals surface area contributed by atoms with E-state index in [0.29, 0.717) is 12.6 Å². The Morgan fingerprint density at radius 2 is 2.25 bits per heavy atom. The van der Waals surface area contributed by atoms with Gasteiger partial charge in [-0.05, 0) is 32.4 Å². The Hall–Kier alpha value is -0.610. The van der Waals surface area contributed by atoms with Gasteiger partial charge in [-0.25, -0.2) is 0 Å². The van der Waals surface area contributed by atoms with Gasteiger partial charge in [0.1, 0.15) is 0 Å². The maximum Gasteiger partial charge on any atom is 0.237 e. The van der Waals surface area contributed by atoms with Crippen molar-refractivity contribution in [1.29, 1.82) is 0 Å². The van der Waals surface area contributed by atoms with E-state index in [2.05, 4.69) is 24.1 Å². The Labute approximate surface area is 98.0 Å². The molecule has 2 aliphatic heterocycles. The van der Waals surface area contributed by atoms with Crippen LogP contribution in [0.15, 0.2) is 0 Å². The summed E-state index contributed by atoms with van der Waals surface area (Å²) in [5.41, 5.74) is 0. The number of hydrogen-bond donors (Lipinski definition) is 1. The normalized spacial score (nSPS) is 31.6. The van der Waals surface area contributed by atoms with Crippen LogP contribution in [0.3, 0.4) is 0 Å². The van der Waals surface area contributed by atoms with Crippen molar-refractivity contribution < 1.29 is 4.79 Å². The van der Waals surface area contributed by atoms with Gasteiger partial charge in [-0.2, -0.15) is 0 Å². The van der Waals surface area contributed by atoms with Gasteiger partial charge in [0.2, 0.25) is 5.91 Å². The Kier molecular flexibility index (Phi) is 3.82. The molecule has 0 aromatic rings.